The second-order valence-corrected chi connectivity index (χ2v) is 5.24. The Hall–Kier alpha value is -3.41. The maximum absolute atomic E-state index is 12.3. The number of carbonyl (C=O) groups excluding carboxylic acids is 2. The van der Waals surface area contributed by atoms with Crippen LogP contribution in [0.3, 0.4) is 0 Å². The number of fused-ring (bicyclic) bond motifs is 1. The molecule has 6 heteroatoms. The second kappa shape index (κ2) is 7.00. The summed E-state index contributed by atoms with van der Waals surface area (Å²) in [7, 11) is 0. The van der Waals surface area contributed by atoms with Gasteiger partial charge in [0.05, 0.1) is 17.6 Å². The summed E-state index contributed by atoms with van der Waals surface area (Å²) < 4.78 is 9.97. The molecule has 0 bridgehead atoms. The number of esters is 1. The molecule has 2 aromatic carbocycles. The number of hydrogen-bond donors (Lipinski definition) is 1. The first-order valence-corrected chi connectivity index (χ1v) is 7.70. The highest BCUT2D eigenvalue weighted by atomic mass is 16.5. The van der Waals surface area contributed by atoms with Crippen LogP contribution in [-0.4, -0.2) is 18.5 Å². The molecule has 0 aliphatic carbocycles. The van der Waals surface area contributed by atoms with E-state index in [1.54, 1.807) is 55.5 Å². The van der Waals surface area contributed by atoms with Crippen LogP contribution in [0, 0.1) is 0 Å². The molecule has 3 rings (SSSR count). The molecule has 0 atom stereocenters. The van der Waals surface area contributed by atoms with Crippen molar-refractivity contribution in [2.24, 2.45) is 0 Å². The number of carbonyl (C=O) groups is 2. The van der Waals surface area contributed by atoms with E-state index in [1.165, 1.54) is 6.07 Å². The number of hydrogen-bond acceptors (Lipinski definition) is 5. The SMILES string of the molecule is CCOC(=O)c1ccc(NC(=O)c2cc3ccccc3c(=O)o2)cc1. The van der Waals surface area contributed by atoms with Crippen LogP contribution in [0.5, 0.6) is 0 Å². The van der Waals surface area contributed by atoms with Gasteiger partial charge in [-0.25, -0.2) is 9.59 Å². The normalized spacial score (nSPS) is 10.4. The van der Waals surface area contributed by atoms with E-state index in [1.807, 2.05) is 0 Å². The van der Waals surface area contributed by atoms with Crippen LogP contribution in [0.4, 0.5) is 5.69 Å². The van der Waals surface area contributed by atoms with Gasteiger partial charge in [-0.2, -0.15) is 0 Å². The lowest BCUT2D eigenvalue weighted by atomic mass is 10.1. The summed E-state index contributed by atoms with van der Waals surface area (Å²) in [5.74, 6) is -1.06. The molecule has 0 saturated heterocycles. The molecule has 0 unspecified atom stereocenters. The molecule has 0 aliphatic heterocycles. The lowest BCUT2D eigenvalue weighted by Crippen LogP contribution is -2.15. The van der Waals surface area contributed by atoms with Crippen LogP contribution in [0.15, 0.2) is 63.8 Å². The third kappa shape index (κ3) is 3.58. The van der Waals surface area contributed by atoms with Gasteiger partial charge in [0.2, 0.25) is 0 Å². The maximum Gasteiger partial charge on any atom is 0.344 e. The minimum absolute atomic E-state index is 0.0850. The van der Waals surface area contributed by atoms with Gasteiger partial charge in [-0.05, 0) is 48.7 Å². The third-order valence-corrected chi connectivity index (χ3v) is 3.55. The minimum atomic E-state index is -0.569. The van der Waals surface area contributed by atoms with Crippen molar-refractivity contribution in [1.29, 1.82) is 0 Å². The minimum Gasteiger partial charge on any atom is -0.462 e. The van der Waals surface area contributed by atoms with E-state index < -0.39 is 17.5 Å². The quantitative estimate of drug-likeness (QED) is 0.739. The topological polar surface area (TPSA) is 85.6 Å². The average molecular weight is 337 g/mol. The van der Waals surface area contributed by atoms with Gasteiger partial charge in [-0.1, -0.05) is 18.2 Å². The molecule has 0 aliphatic rings. The number of ether oxygens (including phenoxy) is 1. The molecule has 0 radical (unpaired) electrons. The molecule has 0 fully saturated rings. The van der Waals surface area contributed by atoms with Crippen LogP contribution in [0.1, 0.15) is 27.8 Å². The smallest absolute Gasteiger partial charge is 0.344 e. The summed E-state index contributed by atoms with van der Waals surface area (Å²) in [6.45, 7) is 2.02. The van der Waals surface area contributed by atoms with E-state index in [0.29, 0.717) is 22.0 Å². The van der Waals surface area contributed by atoms with E-state index in [4.69, 9.17) is 9.15 Å². The van der Waals surface area contributed by atoms with Crippen molar-refractivity contribution in [1.82, 2.24) is 0 Å². The predicted molar refractivity (Wildman–Crippen MR) is 92.8 cm³/mol. The van der Waals surface area contributed by atoms with Crippen molar-refractivity contribution >= 4 is 28.3 Å². The highest BCUT2D eigenvalue weighted by molar-refractivity contribution is 6.04. The van der Waals surface area contributed by atoms with Gasteiger partial charge in [0.15, 0.2) is 5.76 Å². The van der Waals surface area contributed by atoms with Crippen LogP contribution in [0.2, 0.25) is 0 Å². The largest absolute Gasteiger partial charge is 0.462 e. The zero-order chi connectivity index (χ0) is 17.8. The molecular formula is C19H15NO5. The predicted octanol–water partition coefficient (Wildman–Crippen LogP) is 3.22. The first-order valence-electron chi connectivity index (χ1n) is 7.70. The molecule has 1 aromatic heterocycles. The fraction of sp³-hybridized carbons (Fsp3) is 0.105. The van der Waals surface area contributed by atoms with Crippen LogP contribution in [-0.2, 0) is 4.74 Å². The van der Waals surface area contributed by atoms with Crippen molar-refractivity contribution in [3.63, 3.8) is 0 Å². The van der Waals surface area contributed by atoms with Gasteiger partial charge >= 0.3 is 11.6 Å². The molecule has 0 saturated carbocycles. The summed E-state index contributed by atoms with van der Waals surface area (Å²) in [6, 6.07) is 14.6. The number of rotatable bonds is 4. The summed E-state index contributed by atoms with van der Waals surface area (Å²) in [6.07, 6.45) is 0. The Kier molecular flexibility index (Phi) is 4.61. The number of nitrogens with one attached hydrogen (secondary N) is 1. The van der Waals surface area contributed by atoms with E-state index in [0.717, 1.165) is 0 Å². The Morgan fingerprint density at radius 2 is 1.80 bits per heavy atom. The highest BCUT2D eigenvalue weighted by Gasteiger charge is 2.13. The van der Waals surface area contributed by atoms with Gasteiger partial charge in [0.25, 0.3) is 5.91 Å². The summed E-state index contributed by atoms with van der Waals surface area (Å²) in [5.41, 5.74) is 0.284. The molecule has 126 valence electrons. The Balaban J connectivity index is 1.80. The first kappa shape index (κ1) is 16.4. The molecule has 0 spiro atoms. The first-order chi connectivity index (χ1) is 12.1. The Bertz CT molecular complexity index is 989. The summed E-state index contributed by atoms with van der Waals surface area (Å²) in [5, 5.41) is 3.67. The molecule has 3 aromatic rings. The maximum atomic E-state index is 12.3. The molecule has 1 heterocycles. The van der Waals surface area contributed by atoms with Crippen molar-refractivity contribution in [2.45, 2.75) is 6.92 Å². The fourth-order valence-electron chi connectivity index (χ4n) is 2.34. The zero-order valence-corrected chi connectivity index (χ0v) is 13.4. The lowest BCUT2D eigenvalue weighted by Gasteiger charge is -2.06. The standard InChI is InChI=1S/C19H15NO5/c1-2-24-18(22)12-7-9-14(10-8-12)20-17(21)16-11-13-5-3-4-6-15(13)19(23)25-16/h3-11H,2H2,1H3,(H,20,21). The second-order valence-electron chi connectivity index (χ2n) is 5.24. The van der Waals surface area contributed by atoms with E-state index in [-0.39, 0.29) is 12.4 Å². The van der Waals surface area contributed by atoms with E-state index in [9.17, 15) is 14.4 Å². The van der Waals surface area contributed by atoms with E-state index >= 15 is 0 Å². The molecular weight excluding hydrogens is 322 g/mol. The zero-order valence-electron chi connectivity index (χ0n) is 13.4. The summed E-state index contributed by atoms with van der Waals surface area (Å²) in [4.78, 5) is 35.8. The lowest BCUT2D eigenvalue weighted by molar-refractivity contribution is 0.0526. The Morgan fingerprint density at radius 1 is 1.08 bits per heavy atom. The number of amides is 1. The van der Waals surface area contributed by atoms with Crippen LogP contribution >= 0.6 is 0 Å². The Labute approximate surface area is 143 Å². The van der Waals surface area contributed by atoms with Gasteiger partial charge in [0, 0.05) is 5.69 Å². The van der Waals surface area contributed by atoms with Crippen molar-refractivity contribution in [2.75, 3.05) is 11.9 Å². The molecule has 1 amide bonds. The van der Waals surface area contributed by atoms with Gasteiger partial charge in [-0.15, -0.1) is 0 Å². The monoisotopic (exact) mass is 337 g/mol. The van der Waals surface area contributed by atoms with Crippen LogP contribution in [0.25, 0.3) is 10.8 Å². The number of benzene rings is 2. The van der Waals surface area contributed by atoms with Crippen molar-refractivity contribution < 1.29 is 18.7 Å². The van der Waals surface area contributed by atoms with Gasteiger partial charge in [-0.3, -0.25) is 4.79 Å². The van der Waals surface area contributed by atoms with Crippen molar-refractivity contribution in [3.05, 3.63) is 76.3 Å². The van der Waals surface area contributed by atoms with Gasteiger partial charge < -0.3 is 14.5 Å². The summed E-state index contributed by atoms with van der Waals surface area (Å²) >= 11 is 0. The molecule has 1 N–H and O–H groups in total. The number of anilines is 1. The molecule has 25 heavy (non-hydrogen) atoms. The van der Waals surface area contributed by atoms with Gasteiger partial charge in [0.1, 0.15) is 0 Å². The van der Waals surface area contributed by atoms with Crippen LogP contribution < -0.4 is 10.9 Å². The molecule has 6 nitrogen and oxygen atoms in total. The average Bonchev–Trinajstić information content (AvgIpc) is 2.62. The Morgan fingerprint density at radius 3 is 2.52 bits per heavy atom. The third-order valence-electron chi connectivity index (χ3n) is 3.55. The van der Waals surface area contributed by atoms with Crippen molar-refractivity contribution in [3.8, 4) is 0 Å². The highest BCUT2D eigenvalue weighted by Crippen LogP contribution is 2.15. The van der Waals surface area contributed by atoms with E-state index in [2.05, 4.69) is 5.32 Å². The fourth-order valence-corrected chi connectivity index (χ4v) is 2.34.